The van der Waals surface area contributed by atoms with Gasteiger partial charge in [-0.2, -0.15) is 0 Å². The number of primary amides is 1. The highest BCUT2D eigenvalue weighted by atomic mass is 35.5. The highest BCUT2D eigenvalue weighted by Crippen LogP contribution is 2.30. The van der Waals surface area contributed by atoms with Gasteiger partial charge in [0.25, 0.3) is 0 Å². The minimum atomic E-state index is -0.409. The van der Waals surface area contributed by atoms with Crippen molar-refractivity contribution in [3.8, 4) is 0 Å². The van der Waals surface area contributed by atoms with Gasteiger partial charge in [-0.1, -0.05) is 34.8 Å². The molecule has 2 N–H and O–H groups in total. The summed E-state index contributed by atoms with van der Waals surface area (Å²) in [6.07, 6.45) is 3.52. The third-order valence-corrected chi connectivity index (χ3v) is 2.97. The summed E-state index contributed by atoms with van der Waals surface area (Å²) in [5.41, 5.74) is 5.84. The molecule has 1 radical (unpaired) electrons. The molecule has 0 unspecified atom stereocenters. The molecule has 0 saturated carbocycles. The lowest BCUT2D eigenvalue weighted by Crippen LogP contribution is -2.10. The van der Waals surface area contributed by atoms with E-state index in [-0.39, 0.29) is 0 Å². The Morgan fingerprint density at radius 1 is 1.25 bits per heavy atom. The van der Waals surface area contributed by atoms with E-state index in [1.807, 2.05) is 0 Å². The molecule has 87 valence electrons. The monoisotopic (exact) mass is 278 g/mol. The molecule has 0 bridgehead atoms. The van der Waals surface area contributed by atoms with Crippen LogP contribution in [0.15, 0.2) is 12.1 Å². The fraction of sp³-hybridized carbons (Fsp3) is 0.273. The highest BCUT2D eigenvalue weighted by Gasteiger charge is 2.07. The molecule has 1 rings (SSSR count). The van der Waals surface area contributed by atoms with Gasteiger partial charge in [0.2, 0.25) is 5.91 Å². The summed E-state index contributed by atoms with van der Waals surface area (Å²) < 4.78 is 0. The fourth-order valence-electron chi connectivity index (χ4n) is 1.33. The Hall–Kier alpha value is -0.440. The van der Waals surface area contributed by atoms with Crippen molar-refractivity contribution in [1.82, 2.24) is 0 Å². The van der Waals surface area contributed by atoms with Crippen LogP contribution in [-0.4, -0.2) is 5.91 Å². The quantitative estimate of drug-likeness (QED) is 0.821. The van der Waals surface area contributed by atoms with Crippen LogP contribution in [0.2, 0.25) is 15.1 Å². The number of benzene rings is 1. The smallest absolute Gasteiger partial charge is 0.221 e. The summed E-state index contributed by atoms with van der Waals surface area (Å²) >= 11 is 17.8. The van der Waals surface area contributed by atoms with Crippen molar-refractivity contribution in [3.05, 3.63) is 39.2 Å². The average molecular weight is 280 g/mol. The van der Waals surface area contributed by atoms with Crippen LogP contribution in [0, 0.1) is 6.42 Å². The maximum atomic E-state index is 10.5. The van der Waals surface area contributed by atoms with Crippen LogP contribution in [0.5, 0.6) is 0 Å². The Morgan fingerprint density at radius 3 is 2.31 bits per heavy atom. The zero-order valence-corrected chi connectivity index (χ0v) is 10.7. The summed E-state index contributed by atoms with van der Waals surface area (Å²) in [6, 6.07) is 3.31. The van der Waals surface area contributed by atoms with Crippen molar-refractivity contribution in [2.45, 2.75) is 19.3 Å². The number of hydrogen-bond donors (Lipinski definition) is 1. The predicted molar refractivity (Wildman–Crippen MR) is 67.9 cm³/mol. The first-order valence-electron chi connectivity index (χ1n) is 4.76. The van der Waals surface area contributed by atoms with E-state index in [9.17, 15) is 4.79 Å². The van der Waals surface area contributed by atoms with Crippen LogP contribution >= 0.6 is 34.8 Å². The molecule has 0 aliphatic carbocycles. The summed E-state index contributed by atoms with van der Waals surface area (Å²) in [5.74, 6) is -0.409. The number of rotatable bonds is 5. The van der Waals surface area contributed by atoms with Gasteiger partial charge >= 0.3 is 0 Å². The van der Waals surface area contributed by atoms with Gasteiger partial charge < -0.3 is 5.73 Å². The topological polar surface area (TPSA) is 43.1 Å². The molecule has 0 atom stereocenters. The molecule has 1 aromatic carbocycles. The Balaban J connectivity index is 2.57. The Kier molecular flexibility index (Phi) is 5.39. The van der Waals surface area contributed by atoms with Crippen molar-refractivity contribution in [2.75, 3.05) is 0 Å². The average Bonchev–Trinajstić information content (AvgIpc) is 2.14. The molecule has 0 fully saturated rings. The first kappa shape index (κ1) is 13.6. The number of carbonyl (C=O) groups is 1. The predicted octanol–water partition coefficient (Wildman–Crippen LogP) is 3.66. The zero-order valence-electron chi connectivity index (χ0n) is 8.47. The minimum absolute atomic E-state index is 0.409. The summed E-state index contributed by atoms with van der Waals surface area (Å²) in [7, 11) is 0. The summed E-state index contributed by atoms with van der Waals surface area (Å²) in [6.45, 7) is 0. The van der Waals surface area contributed by atoms with Crippen LogP contribution in [0.3, 0.4) is 0 Å². The van der Waals surface area contributed by atoms with Crippen molar-refractivity contribution in [2.24, 2.45) is 5.73 Å². The van der Waals surface area contributed by atoms with Gasteiger partial charge in [-0.15, -0.1) is 0 Å². The van der Waals surface area contributed by atoms with Crippen molar-refractivity contribution < 1.29 is 4.79 Å². The number of halogens is 3. The molecule has 5 heteroatoms. The van der Waals surface area contributed by atoms with Gasteiger partial charge in [-0.3, -0.25) is 4.79 Å². The highest BCUT2D eigenvalue weighted by molar-refractivity contribution is 6.39. The van der Waals surface area contributed by atoms with Crippen molar-refractivity contribution in [3.63, 3.8) is 0 Å². The number of hydrogen-bond acceptors (Lipinski definition) is 1. The first-order chi connectivity index (χ1) is 7.50. The van der Waals surface area contributed by atoms with E-state index in [1.54, 1.807) is 12.1 Å². The van der Waals surface area contributed by atoms with E-state index < -0.39 is 5.91 Å². The van der Waals surface area contributed by atoms with Gasteiger partial charge in [0.05, 0.1) is 0 Å². The van der Waals surface area contributed by atoms with Crippen LogP contribution in [0.25, 0.3) is 0 Å². The van der Waals surface area contributed by atoms with Crippen molar-refractivity contribution >= 4 is 40.7 Å². The van der Waals surface area contributed by atoms with Crippen LogP contribution in [-0.2, 0) is 11.2 Å². The number of nitrogens with two attached hydrogens (primary N) is 1. The second-order valence-corrected chi connectivity index (χ2v) is 4.60. The largest absolute Gasteiger partial charge is 0.369 e. The Morgan fingerprint density at radius 2 is 1.81 bits per heavy atom. The Bertz CT molecular complexity index is 370. The molecular formula is C11H11Cl3NO. The lowest BCUT2D eigenvalue weighted by atomic mass is 10.1. The zero-order chi connectivity index (χ0) is 12.1. The van der Waals surface area contributed by atoms with Gasteiger partial charge in [-0.25, -0.2) is 0 Å². The molecule has 0 aromatic heterocycles. The number of unbranched alkanes of at least 4 members (excludes halogenated alkanes) is 1. The maximum absolute atomic E-state index is 10.5. The molecule has 1 aromatic rings. The van der Waals surface area contributed by atoms with Crippen LogP contribution in [0.4, 0.5) is 0 Å². The molecular weight excluding hydrogens is 268 g/mol. The molecule has 0 aliphatic rings. The van der Waals surface area contributed by atoms with Gasteiger partial charge in [0.1, 0.15) is 0 Å². The minimum Gasteiger partial charge on any atom is -0.369 e. The molecule has 16 heavy (non-hydrogen) atoms. The number of carbonyl (C=O) groups excluding carboxylic acids is 1. The molecule has 2 nitrogen and oxygen atoms in total. The maximum Gasteiger partial charge on any atom is 0.221 e. The standard InChI is InChI=1S/C11H11Cl3NO/c12-7-5-9(13)8(10(14)6-7)3-1-2-4-11(15)16/h4-6H,1-3H2,(H2,15,16). The summed E-state index contributed by atoms with van der Waals surface area (Å²) in [4.78, 5) is 10.5. The van der Waals surface area contributed by atoms with Crippen LogP contribution < -0.4 is 5.73 Å². The lowest BCUT2D eigenvalue weighted by Gasteiger charge is -2.07. The third-order valence-electron chi connectivity index (χ3n) is 2.08. The van der Waals surface area contributed by atoms with Gasteiger partial charge in [0, 0.05) is 21.5 Å². The molecule has 0 aliphatic heterocycles. The first-order valence-corrected chi connectivity index (χ1v) is 5.90. The van der Waals surface area contributed by atoms with E-state index in [0.717, 1.165) is 12.0 Å². The lowest BCUT2D eigenvalue weighted by molar-refractivity contribution is -0.115. The Labute approximate surface area is 110 Å². The van der Waals surface area contributed by atoms with Crippen molar-refractivity contribution in [1.29, 1.82) is 0 Å². The van der Waals surface area contributed by atoms with Gasteiger partial charge in [0.15, 0.2) is 0 Å². The normalized spacial score (nSPS) is 10.4. The summed E-state index contributed by atoms with van der Waals surface area (Å²) in [5, 5.41) is 1.62. The van der Waals surface area contributed by atoms with E-state index in [0.29, 0.717) is 27.9 Å². The fourth-order valence-corrected chi connectivity index (χ4v) is 2.34. The van der Waals surface area contributed by atoms with E-state index in [4.69, 9.17) is 40.5 Å². The SMILES string of the molecule is NC(=O)[CH]CCCc1c(Cl)cc(Cl)cc1Cl. The van der Waals surface area contributed by atoms with E-state index in [1.165, 1.54) is 6.42 Å². The molecule has 0 heterocycles. The van der Waals surface area contributed by atoms with E-state index in [2.05, 4.69) is 0 Å². The molecule has 1 amide bonds. The molecule has 0 saturated heterocycles. The van der Waals surface area contributed by atoms with Crippen LogP contribution in [0.1, 0.15) is 18.4 Å². The second-order valence-electron chi connectivity index (χ2n) is 3.35. The second kappa shape index (κ2) is 6.33. The molecule has 0 spiro atoms. The van der Waals surface area contributed by atoms with Gasteiger partial charge in [-0.05, 0) is 37.0 Å². The van der Waals surface area contributed by atoms with E-state index >= 15 is 0 Å². The third kappa shape index (κ3) is 4.20. The number of amides is 1.